The smallest absolute Gasteiger partial charge is 0.392 e. The predicted octanol–water partition coefficient (Wildman–Crippen LogP) is 7.62. The second kappa shape index (κ2) is 12.2. The molecule has 0 heterocycles. The van der Waals surface area contributed by atoms with Crippen molar-refractivity contribution < 1.29 is 8.85 Å². The summed E-state index contributed by atoms with van der Waals surface area (Å²) in [6, 6.07) is 5.26. The first-order chi connectivity index (χ1) is 11.4. The SMILES string of the molecule is CCCCCCCCCCCO[Si](C)(C)Oc1cc(Cl)ccc1Cl. The van der Waals surface area contributed by atoms with Gasteiger partial charge >= 0.3 is 8.56 Å². The summed E-state index contributed by atoms with van der Waals surface area (Å²) < 4.78 is 12.0. The fraction of sp³-hybridized carbons (Fsp3) is 0.684. The van der Waals surface area contributed by atoms with Gasteiger partial charge in [-0.25, -0.2) is 0 Å². The molecule has 0 radical (unpaired) electrons. The van der Waals surface area contributed by atoms with Gasteiger partial charge in [0.25, 0.3) is 0 Å². The lowest BCUT2D eigenvalue weighted by Crippen LogP contribution is -2.38. The summed E-state index contributed by atoms with van der Waals surface area (Å²) in [4.78, 5) is 0. The van der Waals surface area contributed by atoms with Crippen molar-refractivity contribution in [1.29, 1.82) is 0 Å². The van der Waals surface area contributed by atoms with Crippen molar-refractivity contribution in [3.63, 3.8) is 0 Å². The molecule has 0 N–H and O–H groups in total. The molecule has 24 heavy (non-hydrogen) atoms. The fourth-order valence-corrected chi connectivity index (χ4v) is 4.36. The molecule has 0 aliphatic carbocycles. The van der Waals surface area contributed by atoms with Gasteiger partial charge in [0.1, 0.15) is 5.75 Å². The highest BCUT2D eigenvalue weighted by Crippen LogP contribution is 2.30. The predicted molar refractivity (Wildman–Crippen MR) is 108 cm³/mol. The van der Waals surface area contributed by atoms with Gasteiger partial charge < -0.3 is 8.85 Å². The van der Waals surface area contributed by atoms with Crippen LogP contribution in [0.3, 0.4) is 0 Å². The summed E-state index contributed by atoms with van der Waals surface area (Å²) in [6.45, 7) is 7.10. The zero-order chi connectivity index (χ0) is 17.8. The Morgan fingerprint density at radius 1 is 0.875 bits per heavy atom. The Hall–Kier alpha value is -0.223. The molecule has 1 aromatic carbocycles. The van der Waals surface area contributed by atoms with Gasteiger partial charge in [-0.3, -0.25) is 0 Å². The van der Waals surface area contributed by atoms with Crippen LogP contribution in [0.1, 0.15) is 64.7 Å². The van der Waals surface area contributed by atoms with Crippen molar-refractivity contribution >= 4 is 31.8 Å². The number of hydrogen-bond acceptors (Lipinski definition) is 2. The maximum atomic E-state index is 6.15. The first-order valence-corrected chi connectivity index (χ1v) is 12.8. The molecule has 1 rings (SSSR count). The molecule has 0 atom stereocenters. The van der Waals surface area contributed by atoms with Gasteiger partial charge in [0.2, 0.25) is 0 Å². The number of unbranched alkanes of at least 4 members (excludes halogenated alkanes) is 8. The van der Waals surface area contributed by atoms with Crippen LogP contribution in [0.4, 0.5) is 0 Å². The topological polar surface area (TPSA) is 18.5 Å². The molecule has 0 amide bonds. The molecular weight excluding hydrogens is 359 g/mol. The maximum Gasteiger partial charge on any atom is 0.392 e. The van der Waals surface area contributed by atoms with Crippen LogP contribution >= 0.6 is 23.2 Å². The van der Waals surface area contributed by atoms with Crippen molar-refractivity contribution in [2.24, 2.45) is 0 Å². The first-order valence-electron chi connectivity index (χ1n) is 9.22. The van der Waals surface area contributed by atoms with Crippen LogP contribution < -0.4 is 4.43 Å². The van der Waals surface area contributed by atoms with Gasteiger partial charge in [-0.15, -0.1) is 0 Å². The van der Waals surface area contributed by atoms with Gasteiger partial charge in [-0.05, 0) is 37.7 Å². The molecule has 0 aliphatic rings. The minimum absolute atomic E-state index is 0.576. The molecule has 5 heteroatoms. The summed E-state index contributed by atoms with van der Waals surface area (Å²) in [5, 5.41) is 1.20. The highest BCUT2D eigenvalue weighted by atomic mass is 35.5. The van der Waals surface area contributed by atoms with Crippen LogP contribution in [0.5, 0.6) is 5.75 Å². The minimum atomic E-state index is -2.23. The van der Waals surface area contributed by atoms with Gasteiger partial charge in [0.05, 0.1) is 5.02 Å². The largest absolute Gasteiger partial charge is 0.519 e. The third-order valence-electron chi connectivity index (χ3n) is 3.95. The van der Waals surface area contributed by atoms with E-state index in [0.717, 1.165) is 13.0 Å². The number of halogens is 2. The fourth-order valence-electron chi connectivity index (χ4n) is 2.58. The van der Waals surface area contributed by atoms with Crippen molar-refractivity contribution in [3.05, 3.63) is 28.2 Å². The number of benzene rings is 1. The second-order valence-electron chi connectivity index (χ2n) is 6.75. The summed E-state index contributed by atoms with van der Waals surface area (Å²) in [6.07, 6.45) is 11.8. The molecule has 2 nitrogen and oxygen atoms in total. The Labute approximate surface area is 159 Å². The average Bonchev–Trinajstić information content (AvgIpc) is 2.52. The van der Waals surface area contributed by atoms with E-state index in [0.29, 0.717) is 15.8 Å². The van der Waals surface area contributed by atoms with E-state index in [4.69, 9.17) is 32.1 Å². The molecule has 0 spiro atoms. The Morgan fingerprint density at radius 2 is 1.46 bits per heavy atom. The van der Waals surface area contributed by atoms with E-state index < -0.39 is 8.56 Å². The van der Waals surface area contributed by atoms with Crippen LogP contribution in [-0.4, -0.2) is 15.2 Å². The number of hydrogen-bond donors (Lipinski definition) is 0. The molecule has 138 valence electrons. The summed E-state index contributed by atoms with van der Waals surface area (Å²) in [5.41, 5.74) is 0. The average molecular weight is 391 g/mol. The first kappa shape index (κ1) is 21.8. The Balaban J connectivity index is 2.14. The zero-order valence-electron chi connectivity index (χ0n) is 15.4. The Bertz CT molecular complexity index is 467. The summed E-state index contributed by atoms with van der Waals surface area (Å²) in [7, 11) is -2.23. The third kappa shape index (κ3) is 9.92. The van der Waals surface area contributed by atoms with Crippen molar-refractivity contribution in [1.82, 2.24) is 0 Å². The molecule has 0 bridgehead atoms. The van der Waals surface area contributed by atoms with Gasteiger partial charge in [0, 0.05) is 11.6 Å². The third-order valence-corrected chi connectivity index (χ3v) is 6.10. The van der Waals surface area contributed by atoms with Crippen LogP contribution in [0.2, 0.25) is 23.1 Å². The molecule has 1 aromatic rings. The molecular formula is C19H32Cl2O2Si. The van der Waals surface area contributed by atoms with Gasteiger partial charge in [-0.2, -0.15) is 0 Å². The lowest BCUT2D eigenvalue weighted by atomic mass is 10.1. The van der Waals surface area contributed by atoms with Crippen LogP contribution in [0.15, 0.2) is 18.2 Å². The van der Waals surface area contributed by atoms with Gasteiger partial charge in [-0.1, -0.05) is 81.5 Å². The molecule has 0 aromatic heterocycles. The maximum absolute atomic E-state index is 6.15. The highest BCUT2D eigenvalue weighted by molar-refractivity contribution is 6.65. The van der Waals surface area contributed by atoms with E-state index in [1.807, 2.05) is 13.1 Å². The number of rotatable bonds is 13. The van der Waals surface area contributed by atoms with Gasteiger partial charge in [0.15, 0.2) is 0 Å². The lowest BCUT2D eigenvalue weighted by Gasteiger charge is -2.24. The Morgan fingerprint density at radius 3 is 2.08 bits per heavy atom. The molecule has 0 fully saturated rings. The van der Waals surface area contributed by atoms with Crippen LogP contribution in [-0.2, 0) is 4.43 Å². The normalized spacial score (nSPS) is 11.7. The quantitative estimate of drug-likeness (QED) is 0.254. The zero-order valence-corrected chi connectivity index (χ0v) is 17.9. The van der Waals surface area contributed by atoms with Crippen molar-refractivity contribution in [3.8, 4) is 5.75 Å². The second-order valence-corrected chi connectivity index (χ2v) is 10.9. The standard InChI is InChI=1S/C19H32Cl2O2Si/c1-4-5-6-7-8-9-10-11-12-15-22-24(2,3)23-19-16-17(20)13-14-18(19)21/h13-14,16H,4-12,15H2,1-3H3. The van der Waals surface area contributed by atoms with E-state index in [9.17, 15) is 0 Å². The van der Waals surface area contributed by atoms with Crippen molar-refractivity contribution in [2.75, 3.05) is 6.61 Å². The van der Waals surface area contributed by atoms with E-state index in [2.05, 4.69) is 6.92 Å². The molecule has 0 aliphatic heterocycles. The summed E-state index contributed by atoms with van der Waals surface area (Å²) in [5.74, 6) is 0.618. The van der Waals surface area contributed by atoms with Crippen LogP contribution in [0.25, 0.3) is 0 Å². The minimum Gasteiger partial charge on any atom is -0.519 e. The Kier molecular flexibility index (Phi) is 11.1. The monoisotopic (exact) mass is 390 g/mol. The highest BCUT2D eigenvalue weighted by Gasteiger charge is 2.27. The molecule has 0 saturated heterocycles. The van der Waals surface area contributed by atoms with Crippen molar-refractivity contribution in [2.45, 2.75) is 77.8 Å². The molecule has 0 unspecified atom stereocenters. The summed E-state index contributed by atoms with van der Waals surface area (Å²) >= 11 is 12.1. The van der Waals surface area contributed by atoms with Crippen LogP contribution in [0, 0.1) is 0 Å². The molecule has 0 saturated carbocycles. The van der Waals surface area contributed by atoms with E-state index >= 15 is 0 Å². The van der Waals surface area contributed by atoms with E-state index in [-0.39, 0.29) is 0 Å². The lowest BCUT2D eigenvalue weighted by molar-refractivity contribution is 0.241. The van der Waals surface area contributed by atoms with E-state index in [1.54, 1.807) is 18.2 Å². The van der Waals surface area contributed by atoms with E-state index in [1.165, 1.54) is 51.4 Å².